The van der Waals surface area contributed by atoms with Crippen LogP contribution in [0.25, 0.3) is 0 Å². The number of rotatable bonds is 2. The topological polar surface area (TPSA) is 35.2 Å². The molecule has 2 N–H and O–H groups in total. The van der Waals surface area contributed by atoms with E-state index in [9.17, 15) is 0 Å². The van der Waals surface area contributed by atoms with E-state index in [4.69, 9.17) is 10.5 Å². The van der Waals surface area contributed by atoms with Crippen LogP contribution in [0.3, 0.4) is 0 Å². The number of nitrogens with two attached hydrogens (primary N) is 1. The Morgan fingerprint density at radius 2 is 1.79 bits per heavy atom. The van der Waals surface area contributed by atoms with Gasteiger partial charge in [-0.2, -0.15) is 0 Å². The lowest BCUT2D eigenvalue weighted by Gasteiger charge is -2.42. The first-order valence-corrected chi connectivity index (χ1v) is 8.25. The van der Waals surface area contributed by atoms with Crippen molar-refractivity contribution in [3.63, 3.8) is 0 Å². The molecule has 0 heterocycles. The summed E-state index contributed by atoms with van der Waals surface area (Å²) < 4.78 is 6.58. The van der Waals surface area contributed by atoms with E-state index in [1.165, 1.54) is 32.1 Å². The zero-order valence-electron chi connectivity index (χ0n) is 13.1. The van der Waals surface area contributed by atoms with Crippen molar-refractivity contribution in [3.05, 3.63) is 0 Å². The molecule has 0 aromatic rings. The molecule has 0 radical (unpaired) electrons. The van der Waals surface area contributed by atoms with Gasteiger partial charge in [0.1, 0.15) is 0 Å². The minimum atomic E-state index is 0.266. The third kappa shape index (κ3) is 1.98. The van der Waals surface area contributed by atoms with Gasteiger partial charge in [-0.3, -0.25) is 0 Å². The summed E-state index contributed by atoms with van der Waals surface area (Å²) in [6, 6.07) is 0.266. The third-order valence-electron chi connectivity index (χ3n) is 7.16. The van der Waals surface area contributed by atoms with E-state index in [2.05, 4.69) is 27.7 Å². The van der Waals surface area contributed by atoms with Gasteiger partial charge >= 0.3 is 0 Å². The quantitative estimate of drug-likeness (QED) is 0.825. The molecule has 3 aliphatic rings. The highest BCUT2D eigenvalue weighted by Gasteiger charge is 2.62. The molecule has 2 bridgehead atoms. The summed E-state index contributed by atoms with van der Waals surface area (Å²) in [6.45, 7) is 9.71. The lowest BCUT2D eigenvalue weighted by Crippen LogP contribution is -2.47. The van der Waals surface area contributed by atoms with Crippen molar-refractivity contribution in [1.29, 1.82) is 0 Å². The average Bonchev–Trinajstić information content (AvgIpc) is 2.67. The predicted molar refractivity (Wildman–Crippen MR) is 78.9 cm³/mol. The van der Waals surface area contributed by atoms with Gasteiger partial charge in [0.2, 0.25) is 0 Å². The molecule has 0 saturated heterocycles. The molecular weight excluding hydrogens is 234 g/mol. The van der Waals surface area contributed by atoms with Crippen molar-refractivity contribution >= 4 is 0 Å². The van der Waals surface area contributed by atoms with Crippen LogP contribution in [-0.4, -0.2) is 18.2 Å². The Balaban J connectivity index is 1.71. The Morgan fingerprint density at radius 1 is 1.05 bits per heavy atom. The molecule has 0 amide bonds. The van der Waals surface area contributed by atoms with Gasteiger partial charge in [-0.1, -0.05) is 27.7 Å². The Bertz CT molecular complexity index is 353. The molecule has 3 saturated carbocycles. The van der Waals surface area contributed by atoms with Crippen molar-refractivity contribution in [2.45, 2.75) is 84.5 Å². The summed E-state index contributed by atoms with van der Waals surface area (Å²) in [5.74, 6) is 1.64. The minimum absolute atomic E-state index is 0.266. The van der Waals surface area contributed by atoms with Crippen molar-refractivity contribution in [3.8, 4) is 0 Å². The average molecular weight is 265 g/mol. The number of hydrogen-bond donors (Lipinski definition) is 1. The Kier molecular flexibility index (Phi) is 3.26. The number of fused-ring (bicyclic) bond motifs is 2. The first-order valence-electron chi connectivity index (χ1n) is 8.25. The lowest BCUT2D eigenvalue weighted by atomic mass is 9.70. The van der Waals surface area contributed by atoms with Gasteiger partial charge in [-0.15, -0.1) is 0 Å². The van der Waals surface area contributed by atoms with Gasteiger partial charge in [-0.05, 0) is 61.2 Å². The summed E-state index contributed by atoms with van der Waals surface area (Å²) in [5.41, 5.74) is 7.12. The van der Waals surface area contributed by atoms with E-state index in [0.717, 1.165) is 18.3 Å². The largest absolute Gasteiger partial charge is 0.373 e. The van der Waals surface area contributed by atoms with E-state index in [1.807, 2.05) is 0 Å². The third-order valence-corrected chi connectivity index (χ3v) is 7.16. The maximum atomic E-state index is 6.58. The van der Waals surface area contributed by atoms with Crippen molar-refractivity contribution in [1.82, 2.24) is 0 Å². The van der Waals surface area contributed by atoms with Gasteiger partial charge in [0.15, 0.2) is 0 Å². The Hall–Kier alpha value is -0.0800. The van der Waals surface area contributed by atoms with Gasteiger partial charge in [0, 0.05) is 6.04 Å². The second-order valence-corrected chi connectivity index (χ2v) is 8.36. The van der Waals surface area contributed by atoms with Crippen LogP contribution in [0.4, 0.5) is 0 Å². The van der Waals surface area contributed by atoms with Gasteiger partial charge in [0.05, 0.1) is 12.2 Å². The highest BCUT2D eigenvalue weighted by Crippen LogP contribution is 2.66. The predicted octanol–water partition coefficient (Wildman–Crippen LogP) is 3.73. The Morgan fingerprint density at radius 3 is 2.37 bits per heavy atom. The molecule has 0 aromatic carbocycles. The van der Waals surface area contributed by atoms with Gasteiger partial charge in [-0.25, -0.2) is 0 Å². The molecule has 3 aliphatic carbocycles. The lowest BCUT2D eigenvalue weighted by molar-refractivity contribution is -0.107. The minimum Gasteiger partial charge on any atom is -0.373 e. The molecule has 0 aromatic heterocycles. The van der Waals surface area contributed by atoms with E-state index in [-0.39, 0.29) is 6.04 Å². The maximum absolute atomic E-state index is 6.58. The summed E-state index contributed by atoms with van der Waals surface area (Å²) >= 11 is 0. The fourth-order valence-electron chi connectivity index (χ4n) is 5.06. The van der Waals surface area contributed by atoms with Crippen LogP contribution in [0, 0.1) is 22.7 Å². The standard InChI is InChI=1S/C17H31NO/c1-11-5-6-13(18)14(9-11)19-15-10-12-7-8-17(15,4)16(12,2)3/h11-15H,5-10,18H2,1-4H3. The molecule has 3 fully saturated rings. The smallest absolute Gasteiger partial charge is 0.0732 e. The van der Waals surface area contributed by atoms with Crippen LogP contribution in [-0.2, 0) is 4.74 Å². The van der Waals surface area contributed by atoms with Crippen LogP contribution in [0.15, 0.2) is 0 Å². The van der Waals surface area contributed by atoms with E-state index in [1.54, 1.807) is 0 Å². The van der Waals surface area contributed by atoms with Crippen molar-refractivity contribution < 1.29 is 4.74 Å². The molecule has 6 atom stereocenters. The van der Waals surface area contributed by atoms with Gasteiger partial charge in [0.25, 0.3) is 0 Å². The second kappa shape index (κ2) is 4.46. The molecule has 0 aliphatic heterocycles. The molecule has 19 heavy (non-hydrogen) atoms. The fraction of sp³-hybridized carbons (Fsp3) is 1.00. The fourth-order valence-corrected chi connectivity index (χ4v) is 5.06. The van der Waals surface area contributed by atoms with Crippen LogP contribution < -0.4 is 5.73 Å². The van der Waals surface area contributed by atoms with Crippen LogP contribution in [0.1, 0.15) is 66.2 Å². The molecular formula is C17H31NO. The van der Waals surface area contributed by atoms with E-state index < -0.39 is 0 Å². The zero-order valence-corrected chi connectivity index (χ0v) is 13.1. The Labute approximate surface area is 118 Å². The first kappa shape index (κ1) is 13.9. The molecule has 110 valence electrons. The number of ether oxygens (including phenoxy) is 1. The number of hydrogen-bond acceptors (Lipinski definition) is 2. The van der Waals surface area contributed by atoms with E-state index >= 15 is 0 Å². The molecule has 0 spiro atoms. The summed E-state index contributed by atoms with van der Waals surface area (Å²) in [7, 11) is 0. The van der Waals surface area contributed by atoms with Crippen LogP contribution >= 0.6 is 0 Å². The molecule has 3 rings (SSSR count). The maximum Gasteiger partial charge on any atom is 0.0732 e. The normalized spacial score (nSPS) is 52.6. The summed E-state index contributed by atoms with van der Waals surface area (Å²) in [4.78, 5) is 0. The summed E-state index contributed by atoms with van der Waals surface area (Å²) in [5, 5.41) is 0. The van der Waals surface area contributed by atoms with Crippen LogP contribution in [0.5, 0.6) is 0 Å². The molecule has 2 heteroatoms. The zero-order chi connectivity index (χ0) is 13.8. The van der Waals surface area contributed by atoms with Crippen LogP contribution in [0.2, 0.25) is 0 Å². The first-order chi connectivity index (χ1) is 8.84. The van der Waals surface area contributed by atoms with Crippen molar-refractivity contribution in [2.75, 3.05) is 0 Å². The molecule has 2 nitrogen and oxygen atoms in total. The SMILES string of the molecule is CC1CCC(N)C(OC2CC3CCC2(C)C3(C)C)C1. The monoisotopic (exact) mass is 265 g/mol. The second-order valence-electron chi connectivity index (χ2n) is 8.36. The highest BCUT2D eigenvalue weighted by atomic mass is 16.5. The van der Waals surface area contributed by atoms with Crippen molar-refractivity contribution in [2.24, 2.45) is 28.4 Å². The van der Waals surface area contributed by atoms with Gasteiger partial charge < -0.3 is 10.5 Å². The summed E-state index contributed by atoms with van der Waals surface area (Å²) in [6.07, 6.45) is 8.34. The highest BCUT2D eigenvalue weighted by molar-refractivity contribution is 5.11. The molecule has 6 unspecified atom stereocenters. The van der Waals surface area contributed by atoms with E-state index in [0.29, 0.717) is 23.0 Å².